The Kier molecular flexibility index (Phi) is 8.94. The number of fused-ring (bicyclic) bond motifs is 3. The van der Waals surface area contributed by atoms with Crippen molar-refractivity contribution in [1.29, 1.82) is 0 Å². The standard InChI is InChI=1S/C39H36F2N6O4S/c1-23-18-30-33(43-20-23)34-25(19-31(52-34)37(49)45-32-28(40)5-2-6-29(32)41)11-15-47(30)38(50)24-7-9-26(10-8-24)44-36(48)27-4-3-14-42-35(27)46-21-39(22-46)12-16-51-17-13-39/h2-10,14,18-20,35,42H,11-13,15-17,21-22H2,1H3,(H,44,48)(H,45,49). The van der Waals surface area contributed by atoms with Crippen molar-refractivity contribution in [1.82, 2.24) is 15.2 Å². The largest absolute Gasteiger partial charge is 0.381 e. The van der Waals surface area contributed by atoms with Crippen molar-refractivity contribution in [2.24, 2.45) is 5.41 Å². The minimum absolute atomic E-state index is 0.213. The molecule has 0 aliphatic carbocycles. The van der Waals surface area contributed by atoms with E-state index >= 15 is 0 Å². The van der Waals surface area contributed by atoms with Crippen LogP contribution in [-0.2, 0) is 16.0 Å². The summed E-state index contributed by atoms with van der Waals surface area (Å²) in [6, 6.07) is 13.8. The highest BCUT2D eigenvalue weighted by Gasteiger charge is 2.47. The van der Waals surface area contributed by atoms with E-state index in [0.29, 0.717) is 46.0 Å². The molecule has 2 fully saturated rings. The molecule has 0 saturated carbocycles. The summed E-state index contributed by atoms with van der Waals surface area (Å²) in [5.74, 6) is -2.82. The number of carbonyl (C=O) groups is 3. The quantitative estimate of drug-likeness (QED) is 0.215. The van der Waals surface area contributed by atoms with Gasteiger partial charge in [-0.3, -0.25) is 24.3 Å². The lowest BCUT2D eigenvalue weighted by molar-refractivity contribution is -0.117. The molecule has 0 radical (unpaired) electrons. The first kappa shape index (κ1) is 33.9. The number of nitrogens with one attached hydrogen (secondary N) is 3. The second-order valence-electron chi connectivity index (χ2n) is 13.7. The SMILES string of the molecule is Cc1cnc2c(c1)N(C(=O)c1ccc(NC(=O)C3=CC=CNC3N3CC4(CCOCC4)C3)cc1)CCc1cc(C(=O)Nc3c(F)cccc3F)sc1-2. The normalized spacial score (nSPS) is 19.0. The number of pyridine rings is 1. The second-order valence-corrected chi connectivity index (χ2v) is 14.8. The van der Waals surface area contributed by atoms with Crippen LogP contribution < -0.4 is 20.9 Å². The van der Waals surface area contributed by atoms with Crippen LogP contribution in [0.3, 0.4) is 0 Å². The third kappa shape index (κ3) is 6.40. The minimum atomic E-state index is -0.866. The number of hydrogen-bond acceptors (Lipinski definition) is 8. The molecule has 2 saturated heterocycles. The van der Waals surface area contributed by atoms with Gasteiger partial charge in [-0.15, -0.1) is 11.3 Å². The predicted molar refractivity (Wildman–Crippen MR) is 195 cm³/mol. The Balaban J connectivity index is 0.969. The zero-order chi connectivity index (χ0) is 36.0. The molecule has 3 amide bonds. The number of anilines is 3. The lowest BCUT2D eigenvalue weighted by atomic mass is 9.73. The van der Waals surface area contributed by atoms with E-state index in [0.717, 1.165) is 73.7 Å². The van der Waals surface area contributed by atoms with Gasteiger partial charge in [-0.2, -0.15) is 0 Å². The molecule has 2 aromatic carbocycles. The van der Waals surface area contributed by atoms with Gasteiger partial charge in [0.05, 0.1) is 21.0 Å². The minimum Gasteiger partial charge on any atom is -0.381 e. The van der Waals surface area contributed by atoms with Crippen LogP contribution in [0.1, 0.15) is 44.0 Å². The fourth-order valence-corrected chi connectivity index (χ4v) is 8.48. The molecule has 0 bridgehead atoms. The lowest BCUT2D eigenvalue weighted by Crippen LogP contribution is -2.65. The molecule has 1 atom stereocenters. The van der Waals surface area contributed by atoms with Gasteiger partial charge in [0.1, 0.15) is 29.2 Å². The van der Waals surface area contributed by atoms with E-state index in [9.17, 15) is 23.2 Å². The van der Waals surface area contributed by atoms with Crippen LogP contribution in [0.4, 0.5) is 25.8 Å². The number of likely N-dealkylation sites (tertiary alicyclic amines) is 1. The Labute approximate surface area is 303 Å². The number of rotatable bonds is 6. The number of carbonyl (C=O) groups excluding carboxylic acids is 3. The van der Waals surface area contributed by atoms with Crippen LogP contribution in [0.15, 0.2) is 84.7 Å². The van der Waals surface area contributed by atoms with E-state index in [-0.39, 0.29) is 28.3 Å². The summed E-state index contributed by atoms with van der Waals surface area (Å²) in [6.45, 7) is 5.60. The van der Waals surface area contributed by atoms with E-state index in [2.05, 4.69) is 25.8 Å². The van der Waals surface area contributed by atoms with Crippen molar-refractivity contribution < 1.29 is 27.9 Å². The number of nitrogens with zero attached hydrogens (tertiary/aromatic N) is 3. The molecule has 1 spiro atoms. The Bertz CT molecular complexity index is 2110. The molecule has 4 aliphatic heterocycles. The number of thiophene rings is 1. The summed E-state index contributed by atoms with van der Waals surface area (Å²) >= 11 is 1.16. The Morgan fingerprint density at radius 3 is 2.50 bits per heavy atom. The number of halogens is 2. The maximum absolute atomic E-state index is 14.2. The molecule has 10 nitrogen and oxygen atoms in total. The van der Waals surface area contributed by atoms with Crippen LogP contribution in [0.25, 0.3) is 10.6 Å². The molecule has 1 unspecified atom stereocenters. The molecule has 6 heterocycles. The fraction of sp³-hybridized carbons (Fsp3) is 0.282. The second kappa shape index (κ2) is 13.7. The molecule has 2 aromatic heterocycles. The number of allylic oxidation sites excluding steroid dienone is 2. The number of aromatic nitrogens is 1. The first-order chi connectivity index (χ1) is 25.2. The van der Waals surface area contributed by atoms with Crippen molar-refractivity contribution >= 4 is 46.1 Å². The van der Waals surface area contributed by atoms with Gasteiger partial charge in [0.2, 0.25) is 0 Å². The number of ether oxygens (including phenoxy) is 1. The summed E-state index contributed by atoms with van der Waals surface area (Å²) in [4.78, 5) is 50.3. The van der Waals surface area contributed by atoms with Crippen molar-refractivity contribution in [3.63, 3.8) is 0 Å². The lowest BCUT2D eigenvalue weighted by Gasteiger charge is -2.55. The molecule has 4 aromatic rings. The van der Waals surface area contributed by atoms with Gasteiger partial charge in [-0.05, 0) is 104 Å². The number of para-hydroxylation sites is 1. The fourth-order valence-electron chi connectivity index (χ4n) is 7.37. The van der Waals surface area contributed by atoms with Crippen molar-refractivity contribution in [2.45, 2.75) is 32.4 Å². The highest BCUT2D eigenvalue weighted by atomic mass is 32.1. The first-order valence-corrected chi connectivity index (χ1v) is 18.0. The summed E-state index contributed by atoms with van der Waals surface area (Å²) in [5.41, 5.74) is 4.18. The molecular formula is C39H36F2N6O4S. The summed E-state index contributed by atoms with van der Waals surface area (Å²) in [6.07, 6.45) is 9.51. The Hall–Kier alpha value is -5.24. The maximum Gasteiger partial charge on any atom is 0.265 e. The van der Waals surface area contributed by atoms with E-state index in [1.54, 1.807) is 41.4 Å². The molecule has 266 valence electrons. The molecule has 13 heteroatoms. The van der Waals surface area contributed by atoms with Crippen LogP contribution in [-0.4, -0.2) is 66.6 Å². The van der Waals surface area contributed by atoms with Gasteiger partial charge in [-0.25, -0.2) is 8.78 Å². The Morgan fingerprint density at radius 2 is 1.75 bits per heavy atom. The van der Waals surface area contributed by atoms with Crippen LogP contribution >= 0.6 is 11.3 Å². The van der Waals surface area contributed by atoms with Gasteiger partial charge in [0.25, 0.3) is 17.7 Å². The van der Waals surface area contributed by atoms with Crippen molar-refractivity contribution in [2.75, 3.05) is 48.4 Å². The molecule has 52 heavy (non-hydrogen) atoms. The number of aryl methyl sites for hydroxylation is 1. The maximum atomic E-state index is 14.2. The van der Waals surface area contributed by atoms with Crippen molar-refractivity contribution in [3.8, 4) is 10.6 Å². The zero-order valence-corrected chi connectivity index (χ0v) is 29.2. The number of amides is 3. The monoisotopic (exact) mass is 722 g/mol. The summed E-state index contributed by atoms with van der Waals surface area (Å²) < 4.78 is 34.0. The van der Waals surface area contributed by atoms with E-state index < -0.39 is 23.2 Å². The smallest absolute Gasteiger partial charge is 0.265 e. The topological polar surface area (TPSA) is 116 Å². The van der Waals surface area contributed by atoms with E-state index in [4.69, 9.17) is 4.74 Å². The highest BCUT2D eigenvalue weighted by molar-refractivity contribution is 7.17. The average Bonchev–Trinajstić information content (AvgIpc) is 3.51. The van der Waals surface area contributed by atoms with Gasteiger partial charge in [0, 0.05) is 55.7 Å². The van der Waals surface area contributed by atoms with Gasteiger partial charge < -0.3 is 25.6 Å². The zero-order valence-electron chi connectivity index (χ0n) is 28.4. The van der Waals surface area contributed by atoms with Crippen LogP contribution in [0, 0.1) is 24.0 Å². The Morgan fingerprint density at radius 1 is 1.00 bits per heavy atom. The molecule has 3 N–H and O–H groups in total. The first-order valence-electron chi connectivity index (χ1n) is 17.2. The van der Waals surface area contributed by atoms with E-state index in [1.807, 2.05) is 31.3 Å². The molecule has 8 rings (SSSR count). The third-order valence-electron chi connectivity index (χ3n) is 10.2. The van der Waals surface area contributed by atoms with Crippen LogP contribution in [0.5, 0.6) is 0 Å². The molecular weight excluding hydrogens is 687 g/mol. The molecule has 4 aliphatic rings. The van der Waals surface area contributed by atoms with Gasteiger partial charge in [-0.1, -0.05) is 6.07 Å². The van der Waals surface area contributed by atoms with Gasteiger partial charge >= 0.3 is 0 Å². The summed E-state index contributed by atoms with van der Waals surface area (Å²) in [7, 11) is 0. The number of benzene rings is 2. The van der Waals surface area contributed by atoms with Crippen molar-refractivity contribution in [3.05, 3.63) is 118 Å². The number of hydrogen-bond donors (Lipinski definition) is 3. The third-order valence-corrected chi connectivity index (χ3v) is 11.3. The number of dihydropyridines is 1. The van der Waals surface area contributed by atoms with Crippen LogP contribution in [0.2, 0.25) is 0 Å². The predicted octanol–water partition coefficient (Wildman–Crippen LogP) is 6.27. The summed E-state index contributed by atoms with van der Waals surface area (Å²) in [5, 5.41) is 8.71. The van der Waals surface area contributed by atoms with E-state index in [1.165, 1.54) is 6.07 Å². The highest BCUT2D eigenvalue weighted by Crippen LogP contribution is 2.43. The average molecular weight is 723 g/mol. The van der Waals surface area contributed by atoms with Gasteiger partial charge in [0.15, 0.2) is 0 Å².